The molecule has 0 atom stereocenters. The molecule has 120 valence electrons. The first kappa shape index (κ1) is 15.6. The molecule has 0 bridgehead atoms. The summed E-state index contributed by atoms with van der Waals surface area (Å²) in [4.78, 5) is 3.36. The minimum absolute atomic E-state index is 0.209. The Bertz CT molecular complexity index is 623. The lowest BCUT2D eigenvalue weighted by Gasteiger charge is -2.46. The number of nitrogens with one attached hydrogen (secondary N) is 3. The van der Waals surface area contributed by atoms with E-state index in [9.17, 15) is 0 Å². The van der Waals surface area contributed by atoms with Crippen LogP contribution >= 0.6 is 0 Å². The van der Waals surface area contributed by atoms with Crippen molar-refractivity contribution in [2.24, 2.45) is 0 Å². The third kappa shape index (κ3) is 3.53. The van der Waals surface area contributed by atoms with E-state index in [1.165, 1.54) is 29.3 Å². The van der Waals surface area contributed by atoms with Gasteiger partial charge in [0.2, 0.25) is 0 Å². The van der Waals surface area contributed by atoms with Crippen LogP contribution in [-0.2, 0) is 6.42 Å². The Morgan fingerprint density at radius 1 is 1.09 bits per heavy atom. The van der Waals surface area contributed by atoms with Gasteiger partial charge in [0.05, 0.1) is 0 Å². The van der Waals surface area contributed by atoms with Gasteiger partial charge in [-0.15, -0.1) is 0 Å². The van der Waals surface area contributed by atoms with Crippen molar-refractivity contribution in [2.45, 2.75) is 64.1 Å². The number of piperidine rings is 1. The van der Waals surface area contributed by atoms with Crippen molar-refractivity contribution < 1.29 is 0 Å². The van der Waals surface area contributed by atoms with Crippen LogP contribution < -0.4 is 10.6 Å². The Kier molecular flexibility index (Phi) is 4.04. The monoisotopic (exact) mass is 299 g/mol. The average molecular weight is 299 g/mol. The quantitative estimate of drug-likeness (QED) is 0.807. The molecule has 2 aromatic rings. The lowest BCUT2D eigenvalue weighted by Crippen LogP contribution is -2.61. The molecular formula is C19H29N3. The van der Waals surface area contributed by atoms with Gasteiger partial charge >= 0.3 is 0 Å². The Hall–Kier alpha value is -1.32. The molecule has 2 heterocycles. The molecule has 1 aromatic heterocycles. The number of benzene rings is 1. The maximum atomic E-state index is 3.78. The fourth-order valence-electron chi connectivity index (χ4n) is 4.22. The molecule has 0 amide bonds. The van der Waals surface area contributed by atoms with Gasteiger partial charge in [-0.3, -0.25) is 0 Å². The van der Waals surface area contributed by atoms with Crippen LogP contribution in [0.4, 0.5) is 0 Å². The van der Waals surface area contributed by atoms with Crippen LogP contribution in [0.3, 0.4) is 0 Å². The zero-order valence-corrected chi connectivity index (χ0v) is 14.3. The lowest BCUT2D eigenvalue weighted by atomic mass is 9.79. The second-order valence-corrected chi connectivity index (χ2v) is 8.06. The summed E-state index contributed by atoms with van der Waals surface area (Å²) < 4.78 is 0. The molecular weight excluding hydrogens is 270 g/mol. The standard InChI is InChI=1S/C19H29N3/c1-18(2)11-15(12-19(3,4)22-18)20-10-9-14-13-21-17-8-6-5-7-16(14)17/h5-8,13,15,20-22H,9-12H2,1-4H3. The number of rotatable bonds is 4. The van der Waals surface area contributed by atoms with E-state index in [0.717, 1.165) is 13.0 Å². The number of fused-ring (bicyclic) bond motifs is 1. The summed E-state index contributed by atoms with van der Waals surface area (Å²) in [5.41, 5.74) is 3.07. The number of para-hydroxylation sites is 1. The zero-order valence-electron chi connectivity index (χ0n) is 14.3. The van der Waals surface area contributed by atoms with Crippen molar-refractivity contribution in [3.63, 3.8) is 0 Å². The summed E-state index contributed by atoms with van der Waals surface area (Å²) in [5, 5.41) is 8.88. The van der Waals surface area contributed by atoms with E-state index in [4.69, 9.17) is 0 Å². The van der Waals surface area contributed by atoms with E-state index in [0.29, 0.717) is 6.04 Å². The molecule has 22 heavy (non-hydrogen) atoms. The summed E-state index contributed by atoms with van der Waals surface area (Å²) in [6.07, 6.45) is 5.60. The molecule has 0 spiro atoms. The summed E-state index contributed by atoms with van der Waals surface area (Å²) in [6, 6.07) is 9.14. The largest absolute Gasteiger partial charge is 0.361 e. The lowest BCUT2D eigenvalue weighted by molar-refractivity contribution is 0.147. The minimum Gasteiger partial charge on any atom is -0.361 e. The molecule has 0 unspecified atom stereocenters. The molecule has 1 saturated heterocycles. The zero-order chi connectivity index (χ0) is 15.8. The highest BCUT2D eigenvalue weighted by atomic mass is 15.1. The number of hydrogen-bond acceptors (Lipinski definition) is 2. The first-order chi connectivity index (χ1) is 10.3. The topological polar surface area (TPSA) is 39.9 Å². The van der Waals surface area contributed by atoms with Gasteiger partial charge in [0.1, 0.15) is 0 Å². The molecule has 0 aliphatic carbocycles. The Balaban J connectivity index is 1.59. The van der Waals surface area contributed by atoms with Gasteiger partial charge in [-0.1, -0.05) is 18.2 Å². The van der Waals surface area contributed by atoms with E-state index < -0.39 is 0 Å². The number of H-pyrrole nitrogens is 1. The van der Waals surface area contributed by atoms with Crippen molar-refractivity contribution in [3.05, 3.63) is 36.0 Å². The van der Waals surface area contributed by atoms with E-state index in [1.54, 1.807) is 0 Å². The molecule has 1 fully saturated rings. The molecule has 3 N–H and O–H groups in total. The second kappa shape index (κ2) is 5.71. The predicted molar refractivity (Wildman–Crippen MR) is 94.3 cm³/mol. The van der Waals surface area contributed by atoms with E-state index in [2.05, 4.69) is 73.8 Å². The van der Waals surface area contributed by atoms with Gasteiger partial charge in [0.15, 0.2) is 0 Å². The van der Waals surface area contributed by atoms with Crippen molar-refractivity contribution in [3.8, 4) is 0 Å². The van der Waals surface area contributed by atoms with Gasteiger partial charge in [-0.2, -0.15) is 0 Å². The van der Waals surface area contributed by atoms with Crippen LogP contribution in [0, 0.1) is 0 Å². The van der Waals surface area contributed by atoms with Gasteiger partial charge < -0.3 is 15.6 Å². The summed E-state index contributed by atoms with van der Waals surface area (Å²) >= 11 is 0. The fraction of sp³-hybridized carbons (Fsp3) is 0.579. The van der Waals surface area contributed by atoms with Crippen LogP contribution in [0.25, 0.3) is 10.9 Å². The number of hydrogen-bond donors (Lipinski definition) is 3. The molecule has 1 aliphatic heterocycles. The Morgan fingerprint density at radius 3 is 2.50 bits per heavy atom. The molecule has 0 saturated carbocycles. The van der Waals surface area contributed by atoms with E-state index in [1.807, 2.05) is 0 Å². The summed E-state index contributed by atoms with van der Waals surface area (Å²) in [5.74, 6) is 0. The van der Waals surface area contributed by atoms with Gasteiger partial charge in [0, 0.05) is 34.2 Å². The maximum absolute atomic E-state index is 3.78. The third-order valence-electron chi connectivity index (χ3n) is 4.69. The number of aromatic amines is 1. The summed E-state index contributed by atoms with van der Waals surface area (Å²) in [6.45, 7) is 10.3. The van der Waals surface area contributed by atoms with Crippen molar-refractivity contribution in [1.82, 2.24) is 15.6 Å². The highest BCUT2D eigenvalue weighted by Crippen LogP contribution is 2.28. The first-order valence-electron chi connectivity index (χ1n) is 8.42. The van der Waals surface area contributed by atoms with Crippen molar-refractivity contribution in [1.29, 1.82) is 0 Å². The van der Waals surface area contributed by atoms with Crippen LogP contribution in [0.2, 0.25) is 0 Å². The first-order valence-corrected chi connectivity index (χ1v) is 8.42. The predicted octanol–water partition coefficient (Wildman–Crippen LogP) is 3.61. The van der Waals surface area contributed by atoms with E-state index >= 15 is 0 Å². The Labute approximate surface area is 133 Å². The highest BCUT2D eigenvalue weighted by molar-refractivity contribution is 5.83. The molecule has 1 aromatic carbocycles. The maximum Gasteiger partial charge on any atom is 0.0456 e. The normalized spacial score (nSPS) is 21.3. The third-order valence-corrected chi connectivity index (χ3v) is 4.69. The van der Waals surface area contributed by atoms with Gasteiger partial charge in [-0.25, -0.2) is 0 Å². The number of aromatic nitrogens is 1. The van der Waals surface area contributed by atoms with Gasteiger partial charge in [-0.05, 0) is 65.1 Å². The summed E-state index contributed by atoms with van der Waals surface area (Å²) in [7, 11) is 0. The molecule has 3 nitrogen and oxygen atoms in total. The fourth-order valence-corrected chi connectivity index (χ4v) is 4.22. The van der Waals surface area contributed by atoms with E-state index in [-0.39, 0.29) is 11.1 Å². The molecule has 3 rings (SSSR count). The van der Waals surface area contributed by atoms with Crippen LogP contribution in [0.15, 0.2) is 30.5 Å². The Morgan fingerprint density at radius 2 is 1.77 bits per heavy atom. The minimum atomic E-state index is 0.209. The van der Waals surface area contributed by atoms with Crippen molar-refractivity contribution in [2.75, 3.05) is 6.54 Å². The van der Waals surface area contributed by atoms with Crippen molar-refractivity contribution >= 4 is 10.9 Å². The molecule has 1 aliphatic rings. The van der Waals surface area contributed by atoms with Crippen LogP contribution in [0.1, 0.15) is 46.1 Å². The SMILES string of the molecule is CC1(C)CC(NCCc2c[nH]c3ccccc23)CC(C)(C)N1. The highest BCUT2D eigenvalue weighted by Gasteiger charge is 2.37. The van der Waals surface area contributed by atoms with Crippen LogP contribution in [-0.4, -0.2) is 28.6 Å². The second-order valence-electron chi connectivity index (χ2n) is 8.06. The smallest absolute Gasteiger partial charge is 0.0456 e. The van der Waals surface area contributed by atoms with Crippen LogP contribution in [0.5, 0.6) is 0 Å². The molecule has 0 radical (unpaired) electrons. The molecule has 3 heteroatoms. The average Bonchev–Trinajstić information content (AvgIpc) is 2.79. The van der Waals surface area contributed by atoms with Gasteiger partial charge in [0.25, 0.3) is 0 Å².